The molecule has 2 aromatic heterocycles. The third-order valence-corrected chi connectivity index (χ3v) is 4.15. The minimum atomic E-state index is -4.63. The molecule has 3 aromatic rings. The molecule has 0 saturated heterocycles. The van der Waals surface area contributed by atoms with Gasteiger partial charge in [0.05, 0.1) is 11.2 Å². The first-order valence-corrected chi connectivity index (χ1v) is 7.54. The largest absolute Gasteiger partial charge is 0.407 e. The van der Waals surface area contributed by atoms with E-state index in [-0.39, 0.29) is 16.8 Å². The van der Waals surface area contributed by atoms with Gasteiger partial charge in [0.25, 0.3) is 0 Å². The summed E-state index contributed by atoms with van der Waals surface area (Å²) < 4.78 is 53.6. The highest BCUT2D eigenvalue weighted by atomic mass is 19.4. The van der Waals surface area contributed by atoms with Crippen molar-refractivity contribution in [3.63, 3.8) is 0 Å². The fourth-order valence-electron chi connectivity index (χ4n) is 2.74. The fraction of sp³-hybridized carbons (Fsp3) is 0.222. The predicted molar refractivity (Wildman–Crippen MR) is 87.4 cm³/mol. The van der Waals surface area contributed by atoms with E-state index >= 15 is 0 Å². The lowest BCUT2D eigenvalue weighted by Crippen LogP contribution is -2.29. The number of pyridine rings is 2. The number of aromatic nitrogens is 2. The number of rotatable bonds is 2. The maximum Gasteiger partial charge on any atom is 0.407 e. The topological polar surface area (TPSA) is 51.8 Å². The first kappa shape index (κ1) is 17.3. The lowest BCUT2D eigenvalue weighted by atomic mass is 9.96. The molecule has 2 N–H and O–H groups in total. The van der Waals surface area contributed by atoms with Crippen LogP contribution < -0.4 is 5.73 Å². The SMILES string of the molecule is Cc1ncccc1-c1nc2c(C)c(F)ccc2cc1[C@@H](N)C(F)(F)F. The van der Waals surface area contributed by atoms with Gasteiger partial charge in [-0.25, -0.2) is 9.37 Å². The average Bonchev–Trinajstić information content (AvgIpc) is 2.56. The Kier molecular flexibility index (Phi) is 4.20. The number of fused-ring (bicyclic) bond motifs is 1. The van der Waals surface area contributed by atoms with Crippen LogP contribution in [0.5, 0.6) is 0 Å². The standard InChI is InChI=1S/C18H15F4N3/c1-9-14(19)6-5-11-8-13(17(23)18(20,21)22)16(25-15(9)11)12-4-3-7-24-10(12)2/h3-8,17H,23H2,1-2H3/t17-/m1/s1. The van der Waals surface area contributed by atoms with Crippen molar-refractivity contribution >= 4 is 10.9 Å². The highest BCUT2D eigenvalue weighted by Crippen LogP contribution is 2.38. The van der Waals surface area contributed by atoms with E-state index in [2.05, 4.69) is 9.97 Å². The van der Waals surface area contributed by atoms with E-state index < -0.39 is 18.0 Å². The molecule has 0 fully saturated rings. The summed E-state index contributed by atoms with van der Waals surface area (Å²) in [6, 6.07) is 4.96. The highest BCUT2D eigenvalue weighted by molar-refractivity contribution is 5.86. The zero-order valence-corrected chi connectivity index (χ0v) is 13.5. The molecule has 3 rings (SSSR count). The van der Waals surface area contributed by atoms with Crippen LogP contribution in [0, 0.1) is 19.7 Å². The monoisotopic (exact) mass is 349 g/mol. The third-order valence-electron chi connectivity index (χ3n) is 4.15. The molecule has 0 bridgehead atoms. The Morgan fingerprint density at radius 2 is 1.84 bits per heavy atom. The quantitative estimate of drug-likeness (QED) is 0.687. The van der Waals surface area contributed by atoms with Crippen LogP contribution >= 0.6 is 0 Å². The van der Waals surface area contributed by atoms with Gasteiger partial charge in [-0.05, 0) is 44.2 Å². The van der Waals surface area contributed by atoms with Gasteiger partial charge in [0, 0.05) is 34.0 Å². The zero-order chi connectivity index (χ0) is 18.4. The summed E-state index contributed by atoms with van der Waals surface area (Å²) in [5.41, 5.74) is 6.88. The Bertz CT molecular complexity index is 951. The number of hydrogen-bond donors (Lipinski definition) is 1. The molecule has 0 aliphatic heterocycles. The van der Waals surface area contributed by atoms with Crippen LogP contribution in [0.25, 0.3) is 22.2 Å². The van der Waals surface area contributed by atoms with Crippen LogP contribution in [-0.2, 0) is 0 Å². The summed E-state index contributed by atoms with van der Waals surface area (Å²) in [5, 5.41) is 0.402. The lowest BCUT2D eigenvalue weighted by Gasteiger charge is -2.20. The third kappa shape index (κ3) is 3.07. The van der Waals surface area contributed by atoms with Gasteiger partial charge < -0.3 is 5.73 Å². The molecule has 0 saturated carbocycles. The Balaban J connectivity index is 2.38. The van der Waals surface area contributed by atoms with Gasteiger partial charge in [0.15, 0.2) is 0 Å². The van der Waals surface area contributed by atoms with E-state index in [1.165, 1.54) is 31.3 Å². The van der Waals surface area contributed by atoms with Crippen molar-refractivity contribution in [1.29, 1.82) is 0 Å². The second-order valence-electron chi connectivity index (χ2n) is 5.83. The molecular weight excluding hydrogens is 334 g/mol. The normalized spacial score (nSPS) is 13.2. The van der Waals surface area contributed by atoms with Crippen molar-refractivity contribution < 1.29 is 17.6 Å². The van der Waals surface area contributed by atoms with E-state index in [9.17, 15) is 17.6 Å². The molecule has 130 valence electrons. The lowest BCUT2D eigenvalue weighted by molar-refractivity contribution is -0.149. The summed E-state index contributed by atoms with van der Waals surface area (Å²) >= 11 is 0. The average molecular weight is 349 g/mol. The molecule has 7 heteroatoms. The first-order valence-electron chi connectivity index (χ1n) is 7.54. The van der Waals surface area contributed by atoms with Gasteiger partial charge in [0.2, 0.25) is 0 Å². The van der Waals surface area contributed by atoms with Gasteiger partial charge in [-0.3, -0.25) is 4.98 Å². The summed E-state index contributed by atoms with van der Waals surface area (Å²) in [7, 11) is 0. The Hall–Kier alpha value is -2.54. The molecule has 0 aliphatic carbocycles. The Morgan fingerprint density at radius 3 is 2.48 bits per heavy atom. The van der Waals surface area contributed by atoms with Crippen molar-refractivity contribution in [3.05, 3.63) is 59.2 Å². The van der Waals surface area contributed by atoms with Crippen molar-refractivity contribution in [2.24, 2.45) is 5.73 Å². The molecule has 0 aliphatic rings. The van der Waals surface area contributed by atoms with E-state index in [1.54, 1.807) is 19.1 Å². The molecule has 3 nitrogen and oxygen atoms in total. The van der Waals surface area contributed by atoms with E-state index in [0.29, 0.717) is 22.2 Å². The maximum absolute atomic E-state index is 13.9. The van der Waals surface area contributed by atoms with Gasteiger partial charge in [-0.1, -0.05) is 0 Å². The molecule has 25 heavy (non-hydrogen) atoms. The van der Waals surface area contributed by atoms with Crippen molar-refractivity contribution in [2.45, 2.75) is 26.1 Å². The number of hydrogen-bond acceptors (Lipinski definition) is 3. The van der Waals surface area contributed by atoms with Crippen molar-refractivity contribution in [3.8, 4) is 11.3 Å². The fourth-order valence-corrected chi connectivity index (χ4v) is 2.74. The number of aryl methyl sites for hydroxylation is 2. The van der Waals surface area contributed by atoms with Crippen LogP contribution in [0.2, 0.25) is 0 Å². The molecular formula is C18H15F4N3. The minimum Gasteiger partial charge on any atom is -0.316 e. The molecule has 0 spiro atoms. The number of nitrogens with two attached hydrogens (primary N) is 1. The Labute approximate surface area is 141 Å². The first-order chi connectivity index (χ1) is 11.7. The van der Waals surface area contributed by atoms with Gasteiger partial charge in [-0.15, -0.1) is 0 Å². The van der Waals surface area contributed by atoms with Crippen molar-refractivity contribution in [1.82, 2.24) is 9.97 Å². The minimum absolute atomic E-state index is 0.0663. The number of benzene rings is 1. The van der Waals surface area contributed by atoms with E-state index in [0.717, 1.165) is 0 Å². The summed E-state index contributed by atoms with van der Waals surface area (Å²) in [6.07, 6.45) is -3.09. The molecule has 1 atom stereocenters. The van der Waals surface area contributed by atoms with Crippen LogP contribution in [-0.4, -0.2) is 16.1 Å². The smallest absolute Gasteiger partial charge is 0.316 e. The molecule has 0 unspecified atom stereocenters. The molecule has 2 heterocycles. The molecule has 0 radical (unpaired) electrons. The zero-order valence-electron chi connectivity index (χ0n) is 13.5. The van der Waals surface area contributed by atoms with E-state index in [1.807, 2.05) is 0 Å². The van der Waals surface area contributed by atoms with Crippen LogP contribution in [0.1, 0.15) is 22.9 Å². The van der Waals surface area contributed by atoms with Crippen molar-refractivity contribution in [2.75, 3.05) is 0 Å². The molecule has 1 aromatic carbocycles. The van der Waals surface area contributed by atoms with Crippen LogP contribution in [0.4, 0.5) is 17.6 Å². The Morgan fingerprint density at radius 1 is 1.12 bits per heavy atom. The van der Waals surface area contributed by atoms with Gasteiger partial charge in [0.1, 0.15) is 11.9 Å². The highest BCUT2D eigenvalue weighted by Gasteiger charge is 2.40. The van der Waals surface area contributed by atoms with Gasteiger partial charge in [-0.2, -0.15) is 13.2 Å². The predicted octanol–water partition coefficient (Wildman–Crippen LogP) is 4.61. The summed E-state index contributed by atoms with van der Waals surface area (Å²) in [4.78, 5) is 8.44. The second kappa shape index (κ2) is 6.07. The van der Waals surface area contributed by atoms with Crippen LogP contribution in [0.3, 0.4) is 0 Å². The van der Waals surface area contributed by atoms with E-state index in [4.69, 9.17) is 5.73 Å². The molecule has 0 amide bonds. The number of nitrogens with zero attached hydrogens (tertiary/aromatic N) is 2. The summed E-state index contributed by atoms with van der Waals surface area (Å²) in [6.45, 7) is 3.20. The second-order valence-corrected chi connectivity index (χ2v) is 5.83. The number of alkyl halides is 3. The summed E-state index contributed by atoms with van der Waals surface area (Å²) in [5.74, 6) is -0.471. The van der Waals surface area contributed by atoms with Crippen LogP contribution in [0.15, 0.2) is 36.5 Å². The maximum atomic E-state index is 13.9. The number of halogens is 4. The van der Waals surface area contributed by atoms with Gasteiger partial charge >= 0.3 is 6.18 Å².